The van der Waals surface area contributed by atoms with Gasteiger partial charge in [-0.15, -0.1) is 0 Å². The maximum Gasteiger partial charge on any atom is 0.141 e. The van der Waals surface area contributed by atoms with E-state index in [4.69, 9.17) is 4.74 Å². The second-order valence-electron chi connectivity index (χ2n) is 7.37. The summed E-state index contributed by atoms with van der Waals surface area (Å²) < 4.78 is 5.93. The first-order valence-electron chi connectivity index (χ1n) is 8.70. The van der Waals surface area contributed by atoms with Crippen molar-refractivity contribution in [2.24, 2.45) is 0 Å². The zero-order valence-corrected chi connectivity index (χ0v) is 16.1. The Morgan fingerprint density at radius 1 is 1.12 bits per heavy atom. The van der Waals surface area contributed by atoms with Gasteiger partial charge in [-0.3, -0.25) is 0 Å². The van der Waals surface area contributed by atoms with Gasteiger partial charge in [0.25, 0.3) is 0 Å². The van der Waals surface area contributed by atoms with Crippen LogP contribution in [0.15, 0.2) is 42.7 Å². The maximum atomic E-state index is 5.93. The fraction of sp³-hybridized carbons (Fsp3) is 0.250. The molecule has 1 aromatic carbocycles. The highest BCUT2D eigenvalue weighted by atomic mass is 28.3. The van der Waals surface area contributed by atoms with E-state index in [0.717, 1.165) is 22.3 Å². The van der Waals surface area contributed by atoms with Gasteiger partial charge in [-0.05, 0) is 36.1 Å². The first-order chi connectivity index (χ1) is 12.0. The number of pyridine rings is 1. The third-order valence-corrected chi connectivity index (χ3v) is 6.42. The smallest absolute Gasteiger partial charge is 0.141 e. The number of benzene rings is 1. The van der Waals surface area contributed by atoms with Gasteiger partial charge >= 0.3 is 0 Å². The van der Waals surface area contributed by atoms with Crippen LogP contribution >= 0.6 is 0 Å². The lowest BCUT2D eigenvalue weighted by Crippen LogP contribution is -2.39. The Bertz CT molecular complexity index is 1060. The summed E-state index contributed by atoms with van der Waals surface area (Å²) in [5.74, 6) is 0.898. The van der Waals surface area contributed by atoms with Crippen molar-refractivity contribution < 1.29 is 4.74 Å². The summed E-state index contributed by atoms with van der Waals surface area (Å²) in [6, 6.07) is 10.7. The predicted molar refractivity (Wildman–Crippen MR) is 108 cm³/mol. The Morgan fingerprint density at radius 2 is 1.96 bits per heavy atom. The number of H-pyrrole nitrogens is 2. The van der Waals surface area contributed by atoms with Crippen LogP contribution in [-0.4, -0.2) is 29.6 Å². The zero-order valence-electron chi connectivity index (χ0n) is 15.1. The fourth-order valence-corrected chi connectivity index (χ4v) is 4.93. The zero-order chi connectivity index (χ0) is 17.6. The van der Waals surface area contributed by atoms with Crippen molar-refractivity contribution in [1.82, 2.24) is 15.0 Å². The molecule has 2 N–H and O–H groups in total. The second kappa shape index (κ2) is 5.77. The van der Waals surface area contributed by atoms with Gasteiger partial charge in [0.1, 0.15) is 11.4 Å². The quantitative estimate of drug-likeness (QED) is 0.527. The molecular weight excluding hydrogens is 326 g/mol. The van der Waals surface area contributed by atoms with Crippen LogP contribution in [0.4, 0.5) is 0 Å². The lowest BCUT2D eigenvalue weighted by molar-refractivity contribution is 0.344. The number of aromatic nitrogens is 3. The molecule has 0 fully saturated rings. The molecule has 3 heterocycles. The van der Waals surface area contributed by atoms with E-state index >= 15 is 0 Å². The van der Waals surface area contributed by atoms with E-state index in [0.29, 0.717) is 6.61 Å². The number of nitrogens with zero attached hydrogens (tertiary/aromatic N) is 1. The monoisotopic (exact) mass is 349 g/mol. The van der Waals surface area contributed by atoms with E-state index in [9.17, 15) is 0 Å². The summed E-state index contributed by atoms with van der Waals surface area (Å²) in [6.07, 6.45) is 3.80. The highest BCUT2D eigenvalue weighted by molar-refractivity contribution is 6.89. The van der Waals surface area contributed by atoms with Gasteiger partial charge in [0, 0.05) is 28.8 Å². The van der Waals surface area contributed by atoms with Crippen LogP contribution in [0.5, 0.6) is 5.75 Å². The van der Waals surface area contributed by atoms with E-state index < -0.39 is 8.07 Å². The number of nitrogens with one attached hydrogen (secondary N) is 2. The number of hydrogen-bond donors (Lipinski definition) is 2. The number of rotatable bonds is 4. The average molecular weight is 350 g/mol. The van der Waals surface area contributed by atoms with Crippen molar-refractivity contribution in [3.63, 3.8) is 0 Å². The molecule has 0 aliphatic rings. The van der Waals surface area contributed by atoms with Gasteiger partial charge < -0.3 is 14.7 Å². The van der Waals surface area contributed by atoms with Crippen LogP contribution in [0.2, 0.25) is 19.6 Å². The molecule has 4 rings (SSSR count). The van der Waals surface area contributed by atoms with Crippen molar-refractivity contribution in [3.05, 3.63) is 42.7 Å². The van der Waals surface area contributed by atoms with Crippen molar-refractivity contribution in [2.75, 3.05) is 6.61 Å². The molecule has 0 saturated carbocycles. The van der Waals surface area contributed by atoms with Crippen molar-refractivity contribution >= 4 is 35.3 Å². The molecule has 4 aromatic rings. The minimum Gasteiger partial charge on any atom is -0.493 e. The molecule has 0 bridgehead atoms. The first kappa shape index (κ1) is 16.0. The van der Waals surface area contributed by atoms with Crippen molar-refractivity contribution in [1.29, 1.82) is 0 Å². The van der Waals surface area contributed by atoms with E-state index in [1.54, 1.807) is 0 Å². The molecule has 128 valence electrons. The molecule has 0 aliphatic heterocycles. The molecule has 0 radical (unpaired) electrons. The fourth-order valence-electron chi connectivity index (χ4n) is 3.42. The van der Waals surface area contributed by atoms with E-state index in [1.807, 2.05) is 25.4 Å². The standard InChI is InChI=1S/C20H23N3OSi/c1-5-24-16-9-11-22-19-18(16)17(20(23-19)25(2,3)4)14-7-6-13-8-10-21-15(13)12-14/h6-12,21H,5H2,1-4H3,(H,22,23). The van der Waals surface area contributed by atoms with Crippen molar-refractivity contribution in [2.45, 2.75) is 26.6 Å². The van der Waals surface area contributed by atoms with Gasteiger partial charge in [-0.25, -0.2) is 4.98 Å². The Kier molecular flexibility index (Phi) is 3.69. The van der Waals surface area contributed by atoms with E-state index in [1.165, 1.54) is 21.8 Å². The van der Waals surface area contributed by atoms with Crippen LogP contribution in [-0.2, 0) is 0 Å². The number of hydrogen-bond acceptors (Lipinski definition) is 2. The molecule has 25 heavy (non-hydrogen) atoms. The molecule has 4 nitrogen and oxygen atoms in total. The molecular formula is C20H23N3OSi. The molecule has 3 aromatic heterocycles. The second-order valence-corrected chi connectivity index (χ2v) is 12.4. The third kappa shape index (κ3) is 2.64. The van der Waals surface area contributed by atoms with Gasteiger partial charge in [0.15, 0.2) is 0 Å². The molecule has 0 aliphatic carbocycles. The van der Waals surface area contributed by atoms with E-state index in [-0.39, 0.29) is 0 Å². The summed E-state index contributed by atoms with van der Waals surface area (Å²) >= 11 is 0. The molecule has 5 heteroatoms. The van der Waals surface area contributed by atoms with Crippen LogP contribution in [0.3, 0.4) is 0 Å². The minimum absolute atomic E-state index is 0.641. The topological polar surface area (TPSA) is 53.7 Å². The number of ether oxygens (including phenoxy) is 1. The number of aromatic amines is 2. The summed E-state index contributed by atoms with van der Waals surface area (Å²) in [5.41, 5.74) is 4.50. The molecule has 0 amide bonds. The third-order valence-electron chi connectivity index (χ3n) is 4.55. The number of fused-ring (bicyclic) bond motifs is 2. The van der Waals surface area contributed by atoms with Gasteiger partial charge in [0.2, 0.25) is 0 Å². The molecule has 0 spiro atoms. The summed E-state index contributed by atoms with van der Waals surface area (Å²) in [7, 11) is -1.60. The Hall–Kier alpha value is -2.53. The van der Waals surface area contributed by atoms with Crippen LogP contribution in [0, 0.1) is 0 Å². The van der Waals surface area contributed by atoms with Gasteiger partial charge in [0.05, 0.1) is 20.1 Å². The van der Waals surface area contributed by atoms with E-state index in [2.05, 4.69) is 58.9 Å². The highest BCUT2D eigenvalue weighted by Crippen LogP contribution is 2.35. The Balaban J connectivity index is 2.08. The summed E-state index contributed by atoms with van der Waals surface area (Å²) in [6.45, 7) is 9.73. The van der Waals surface area contributed by atoms with Crippen LogP contribution in [0.1, 0.15) is 6.92 Å². The van der Waals surface area contributed by atoms with Crippen LogP contribution in [0.25, 0.3) is 33.1 Å². The first-order valence-corrected chi connectivity index (χ1v) is 12.2. The Morgan fingerprint density at radius 3 is 2.72 bits per heavy atom. The lowest BCUT2D eigenvalue weighted by atomic mass is 10.0. The van der Waals surface area contributed by atoms with Crippen LogP contribution < -0.4 is 10.1 Å². The Labute approximate surface area is 148 Å². The van der Waals surface area contributed by atoms with Gasteiger partial charge in [-0.2, -0.15) is 0 Å². The molecule has 0 atom stereocenters. The largest absolute Gasteiger partial charge is 0.493 e. The minimum atomic E-state index is -1.60. The predicted octanol–water partition coefficient (Wildman–Crippen LogP) is 4.66. The van der Waals surface area contributed by atoms with Crippen molar-refractivity contribution in [3.8, 4) is 16.9 Å². The van der Waals surface area contributed by atoms with Gasteiger partial charge in [-0.1, -0.05) is 31.8 Å². The maximum absolute atomic E-state index is 5.93. The summed E-state index contributed by atoms with van der Waals surface area (Å²) in [5, 5.41) is 3.63. The molecule has 0 saturated heterocycles. The average Bonchev–Trinajstić information content (AvgIpc) is 3.18. The SMILES string of the molecule is CCOc1ccnc2[nH]c([Si](C)(C)C)c(-c3ccc4cc[nH]c4c3)c12. The summed E-state index contributed by atoms with van der Waals surface area (Å²) in [4.78, 5) is 11.5. The normalized spacial score (nSPS) is 12.2. The lowest BCUT2D eigenvalue weighted by Gasteiger charge is -2.18. The molecule has 0 unspecified atom stereocenters. The highest BCUT2D eigenvalue weighted by Gasteiger charge is 2.27.